The molecule has 1 N–H and O–H groups in total. The summed E-state index contributed by atoms with van der Waals surface area (Å²) in [5, 5.41) is 2.80. The second kappa shape index (κ2) is 6.43. The molecule has 1 aliphatic heterocycles. The van der Waals surface area contributed by atoms with E-state index in [1.165, 1.54) is 0 Å². The molecule has 0 fully saturated rings. The first-order valence-corrected chi connectivity index (χ1v) is 6.74. The molecule has 0 saturated heterocycles. The van der Waals surface area contributed by atoms with Crippen molar-refractivity contribution < 1.29 is 14.3 Å². The van der Waals surface area contributed by atoms with E-state index >= 15 is 0 Å². The normalized spacial score (nSPS) is 23.0. The van der Waals surface area contributed by atoms with Crippen molar-refractivity contribution in [3.05, 3.63) is 35.6 Å². The molecule has 5 heteroatoms. The van der Waals surface area contributed by atoms with Crippen LogP contribution in [0, 0.1) is 5.92 Å². The number of rotatable bonds is 4. The van der Waals surface area contributed by atoms with Crippen molar-refractivity contribution >= 4 is 17.5 Å². The van der Waals surface area contributed by atoms with E-state index < -0.39 is 0 Å². The summed E-state index contributed by atoms with van der Waals surface area (Å²) in [5.41, 5.74) is 2.38. The third kappa shape index (κ3) is 3.30. The monoisotopic (exact) mass is 274 g/mol. The lowest BCUT2D eigenvalue weighted by atomic mass is 9.86. The van der Waals surface area contributed by atoms with Gasteiger partial charge in [0.1, 0.15) is 6.61 Å². The van der Waals surface area contributed by atoms with Gasteiger partial charge in [-0.15, -0.1) is 0 Å². The van der Waals surface area contributed by atoms with Crippen LogP contribution in [0.5, 0.6) is 0 Å². The van der Waals surface area contributed by atoms with E-state index in [1.807, 2.05) is 19.9 Å². The quantitative estimate of drug-likeness (QED) is 0.845. The van der Waals surface area contributed by atoms with Crippen molar-refractivity contribution in [3.63, 3.8) is 0 Å². The summed E-state index contributed by atoms with van der Waals surface area (Å²) in [6.07, 6.45) is 7.95. The minimum atomic E-state index is -0.324. The number of carbonyl (C=O) groups is 2. The van der Waals surface area contributed by atoms with E-state index in [-0.39, 0.29) is 24.3 Å². The maximum absolute atomic E-state index is 11.6. The van der Waals surface area contributed by atoms with Gasteiger partial charge in [-0.3, -0.25) is 9.59 Å². The van der Waals surface area contributed by atoms with Crippen molar-refractivity contribution in [2.45, 2.75) is 20.3 Å². The first kappa shape index (κ1) is 14.4. The molecule has 2 aliphatic rings. The van der Waals surface area contributed by atoms with Crippen LogP contribution in [0.2, 0.25) is 0 Å². The summed E-state index contributed by atoms with van der Waals surface area (Å²) < 4.78 is 5.01. The van der Waals surface area contributed by atoms with Gasteiger partial charge in [0.2, 0.25) is 5.91 Å². The Morgan fingerprint density at radius 2 is 2.20 bits per heavy atom. The number of fused-ring (bicyclic) bond motifs is 1. The Labute approximate surface area is 118 Å². The van der Waals surface area contributed by atoms with E-state index in [9.17, 15) is 9.59 Å². The molecule has 0 radical (unpaired) electrons. The first-order chi connectivity index (χ1) is 9.63. The fourth-order valence-corrected chi connectivity index (χ4v) is 2.23. The molecular weight excluding hydrogens is 256 g/mol. The van der Waals surface area contributed by atoms with Crippen LogP contribution >= 0.6 is 0 Å². The number of carbonyl (C=O) groups excluding carboxylic acids is 2. The molecule has 20 heavy (non-hydrogen) atoms. The molecule has 0 aromatic heterocycles. The molecule has 106 valence electrons. The Kier molecular flexibility index (Phi) is 4.63. The molecule has 1 aliphatic carbocycles. The lowest BCUT2D eigenvalue weighted by molar-refractivity contribution is -0.122. The highest BCUT2D eigenvalue weighted by molar-refractivity contribution is 6.11. The predicted molar refractivity (Wildman–Crippen MR) is 76.2 cm³/mol. The van der Waals surface area contributed by atoms with Crippen LogP contribution in [0.25, 0.3) is 0 Å². The summed E-state index contributed by atoms with van der Waals surface area (Å²) >= 11 is 0. The van der Waals surface area contributed by atoms with Crippen molar-refractivity contribution in [3.8, 4) is 0 Å². The smallest absolute Gasteiger partial charge is 0.272 e. The molecule has 0 aromatic carbocycles. The number of hydrogen-bond donors (Lipinski definition) is 1. The SMILES string of the molecule is CCOCC(=O)N=C1C=CC2C(CC)=CC(=O)NC2=C1. The van der Waals surface area contributed by atoms with Crippen LogP contribution < -0.4 is 5.32 Å². The maximum Gasteiger partial charge on any atom is 0.272 e. The third-order valence-corrected chi connectivity index (χ3v) is 3.17. The van der Waals surface area contributed by atoms with Gasteiger partial charge in [0.15, 0.2) is 0 Å². The van der Waals surface area contributed by atoms with E-state index in [0.717, 1.165) is 17.7 Å². The molecular formula is C15H18N2O3. The molecule has 0 spiro atoms. The Bertz CT molecular complexity index is 541. The molecule has 0 saturated carbocycles. The Hall–Kier alpha value is -2.01. The molecule has 5 nitrogen and oxygen atoms in total. The molecule has 2 amide bonds. The highest BCUT2D eigenvalue weighted by Gasteiger charge is 2.25. The van der Waals surface area contributed by atoms with Crippen molar-refractivity contribution in [1.82, 2.24) is 5.32 Å². The lowest BCUT2D eigenvalue weighted by Crippen LogP contribution is -2.33. The molecule has 0 aromatic rings. The molecule has 2 rings (SSSR count). The summed E-state index contributed by atoms with van der Waals surface area (Å²) in [4.78, 5) is 27.1. The van der Waals surface area contributed by atoms with Crippen LogP contribution in [0.1, 0.15) is 20.3 Å². The van der Waals surface area contributed by atoms with Crippen LogP contribution in [-0.4, -0.2) is 30.7 Å². The number of nitrogens with zero attached hydrogens (tertiary/aromatic N) is 1. The number of allylic oxidation sites excluding steroid dienone is 3. The predicted octanol–water partition coefficient (Wildman–Crippen LogP) is 1.53. The van der Waals surface area contributed by atoms with Crippen LogP contribution in [-0.2, 0) is 14.3 Å². The number of amides is 2. The average Bonchev–Trinajstić information content (AvgIpc) is 2.43. The van der Waals surface area contributed by atoms with Gasteiger partial charge in [-0.25, -0.2) is 4.99 Å². The van der Waals surface area contributed by atoms with Gasteiger partial charge in [0.05, 0.1) is 5.71 Å². The van der Waals surface area contributed by atoms with Crippen LogP contribution in [0.4, 0.5) is 0 Å². The number of nitrogens with one attached hydrogen (secondary N) is 1. The summed E-state index contributed by atoms with van der Waals surface area (Å²) in [5.74, 6) is -0.367. The van der Waals surface area contributed by atoms with Crippen LogP contribution in [0.15, 0.2) is 40.6 Å². The van der Waals surface area contributed by atoms with Gasteiger partial charge < -0.3 is 10.1 Å². The summed E-state index contributed by atoms with van der Waals surface area (Å²) in [6, 6.07) is 0. The number of hydrogen-bond acceptors (Lipinski definition) is 3. The van der Waals surface area contributed by atoms with E-state index in [2.05, 4.69) is 10.3 Å². The lowest BCUT2D eigenvalue weighted by Gasteiger charge is -2.26. The van der Waals surface area contributed by atoms with Gasteiger partial charge in [0.25, 0.3) is 5.91 Å². The minimum Gasteiger partial charge on any atom is -0.372 e. The first-order valence-electron chi connectivity index (χ1n) is 6.74. The standard InChI is InChI=1S/C15H18N2O3/c1-3-10-7-14(18)17-13-8-11(5-6-12(10)13)16-15(19)9-20-4-2/h5-8,12H,3-4,9H2,1-2H3,(H,17,18). The van der Waals surface area contributed by atoms with Crippen molar-refractivity contribution in [2.24, 2.45) is 10.9 Å². The molecule has 1 heterocycles. The molecule has 1 atom stereocenters. The highest BCUT2D eigenvalue weighted by atomic mass is 16.5. The second-order valence-corrected chi connectivity index (χ2v) is 4.57. The Morgan fingerprint density at radius 1 is 1.40 bits per heavy atom. The van der Waals surface area contributed by atoms with Crippen LogP contribution in [0.3, 0.4) is 0 Å². The fraction of sp³-hybridized carbons (Fsp3) is 0.400. The largest absolute Gasteiger partial charge is 0.372 e. The maximum atomic E-state index is 11.6. The zero-order valence-corrected chi connectivity index (χ0v) is 11.7. The number of aliphatic imine (C=N–C) groups is 1. The van der Waals surface area contributed by atoms with Gasteiger partial charge in [-0.1, -0.05) is 18.6 Å². The number of ether oxygens (including phenoxy) is 1. The topological polar surface area (TPSA) is 67.8 Å². The van der Waals surface area contributed by atoms with E-state index in [0.29, 0.717) is 12.3 Å². The fourth-order valence-electron chi connectivity index (χ4n) is 2.23. The average molecular weight is 274 g/mol. The minimum absolute atomic E-state index is 0.0209. The Morgan fingerprint density at radius 3 is 2.90 bits per heavy atom. The zero-order valence-electron chi connectivity index (χ0n) is 11.7. The van der Waals surface area contributed by atoms with Crippen molar-refractivity contribution in [1.29, 1.82) is 0 Å². The van der Waals surface area contributed by atoms with Crippen molar-refractivity contribution in [2.75, 3.05) is 13.2 Å². The van der Waals surface area contributed by atoms with Gasteiger partial charge in [0, 0.05) is 24.3 Å². The van der Waals surface area contributed by atoms with E-state index in [1.54, 1.807) is 18.2 Å². The Balaban J connectivity index is 2.16. The summed E-state index contributed by atoms with van der Waals surface area (Å²) in [6.45, 7) is 4.30. The molecule has 0 bridgehead atoms. The zero-order chi connectivity index (χ0) is 14.5. The van der Waals surface area contributed by atoms with Gasteiger partial charge in [-0.2, -0.15) is 0 Å². The van der Waals surface area contributed by atoms with Gasteiger partial charge >= 0.3 is 0 Å². The van der Waals surface area contributed by atoms with Gasteiger partial charge in [-0.05, 0) is 25.5 Å². The highest BCUT2D eigenvalue weighted by Crippen LogP contribution is 2.28. The third-order valence-electron chi connectivity index (χ3n) is 3.17. The molecule has 1 unspecified atom stereocenters. The second-order valence-electron chi connectivity index (χ2n) is 4.57. The van der Waals surface area contributed by atoms with E-state index in [4.69, 9.17) is 4.74 Å². The summed E-state index contributed by atoms with van der Waals surface area (Å²) in [7, 11) is 0.